The van der Waals surface area contributed by atoms with Crippen LogP contribution in [0.5, 0.6) is 0 Å². The highest BCUT2D eigenvalue weighted by Crippen LogP contribution is 2.14. The highest BCUT2D eigenvalue weighted by Gasteiger charge is 2.31. The highest BCUT2D eigenvalue weighted by atomic mass is 16.3. The van der Waals surface area contributed by atoms with Crippen molar-refractivity contribution in [1.82, 2.24) is 20.0 Å². The molecule has 0 spiro atoms. The van der Waals surface area contributed by atoms with Crippen LogP contribution in [0.1, 0.15) is 28.8 Å². The van der Waals surface area contributed by atoms with Crippen molar-refractivity contribution in [2.24, 2.45) is 7.05 Å². The summed E-state index contributed by atoms with van der Waals surface area (Å²) in [5, 5.41) is 17.3. The fourth-order valence-electron chi connectivity index (χ4n) is 3.18. The van der Waals surface area contributed by atoms with E-state index in [-0.39, 0.29) is 24.4 Å². The number of rotatable bonds is 5. The van der Waals surface area contributed by atoms with E-state index in [4.69, 9.17) is 0 Å². The first-order valence-electron chi connectivity index (χ1n) is 8.82. The molecule has 2 heterocycles. The van der Waals surface area contributed by atoms with Crippen LogP contribution >= 0.6 is 0 Å². The van der Waals surface area contributed by atoms with Crippen LogP contribution in [-0.4, -0.2) is 56.8 Å². The Morgan fingerprint density at radius 1 is 1.31 bits per heavy atom. The van der Waals surface area contributed by atoms with Gasteiger partial charge in [0, 0.05) is 38.3 Å². The number of aliphatic hydroxyl groups is 1. The van der Waals surface area contributed by atoms with E-state index in [1.165, 1.54) is 0 Å². The van der Waals surface area contributed by atoms with Gasteiger partial charge in [-0.1, -0.05) is 18.2 Å². The Morgan fingerprint density at radius 2 is 2.08 bits per heavy atom. The van der Waals surface area contributed by atoms with E-state index in [9.17, 15) is 14.7 Å². The maximum atomic E-state index is 12.4. The topological polar surface area (TPSA) is 87.5 Å². The monoisotopic (exact) mass is 356 g/mol. The predicted octanol–water partition coefficient (Wildman–Crippen LogP) is 0.744. The quantitative estimate of drug-likeness (QED) is 0.827. The van der Waals surface area contributed by atoms with Crippen LogP contribution in [0.3, 0.4) is 0 Å². The molecule has 1 aliphatic rings. The molecule has 2 N–H and O–H groups in total. The Hall–Kier alpha value is -2.67. The molecule has 0 aliphatic carbocycles. The Balaban J connectivity index is 1.48. The average Bonchev–Trinajstić information content (AvgIpc) is 3.07. The van der Waals surface area contributed by atoms with Crippen LogP contribution in [0, 0.1) is 0 Å². The van der Waals surface area contributed by atoms with Crippen LogP contribution in [0.2, 0.25) is 0 Å². The van der Waals surface area contributed by atoms with E-state index in [1.807, 2.05) is 19.3 Å². The summed E-state index contributed by atoms with van der Waals surface area (Å²) in [5.41, 5.74) is 1.58. The molecule has 0 bridgehead atoms. The van der Waals surface area contributed by atoms with E-state index < -0.39 is 6.10 Å². The number of aliphatic hydroxyl groups excluding tert-OH is 1. The molecule has 1 fully saturated rings. The van der Waals surface area contributed by atoms with Gasteiger partial charge in [0.2, 0.25) is 5.91 Å². The number of piperidine rings is 1. The van der Waals surface area contributed by atoms with Crippen molar-refractivity contribution in [3.05, 3.63) is 53.9 Å². The lowest BCUT2D eigenvalue weighted by Gasteiger charge is -2.36. The smallest absolute Gasteiger partial charge is 0.251 e. The molecule has 2 aromatic rings. The molecule has 1 aromatic heterocycles. The molecule has 0 radical (unpaired) electrons. The summed E-state index contributed by atoms with van der Waals surface area (Å²) in [7, 11) is 1.84. The molecule has 2 amide bonds. The van der Waals surface area contributed by atoms with Gasteiger partial charge in [0.25, 0.3) is 5.91 Å². The second-order valence-corrected chi connectivity index (χ2v) is 6.66. The van der Waals surface area contributed by atoms with Crippen molar-refractivity contribution in [2.75, 3.05) is 13.1 Å². The van der Waals surface area contributed by atoms with Gasteiger partial charge >= 0.3 is 0 Å². The number of aromatic nitrogens is 2. The van der Waals surface area contributed by atoms with Gasteiger partial charge in [0.1, 0.15) is 0 Å². The number of carbonyl (C=O) groups excluding carboxylic acids is 2. The molecule has 0 unspecified atom stereocenters. The Bertz CT molecular complexity index is 759. The SMILES string of the molecule is Cn1cc(CCC(=O)N2CC[C@@H](NC(=O)c3ccccc3)[C@H](O)C2)cn1. The van der Waals surface area contributed by atoms with Gasteiger partial charge in [-0.15, -0.1) is 0 Å². The molecule has 1 aromatic carbocycles. The number of nitrogens with one attached hydrogen (secondary N) is 1. The van der Waals surface area contributed by atoms with Crippen molar-refractivity contribution in [2.45, 2.75) is 31.4 Å². The van der Waals surface area contributed by atoms with Gasteiger partial charge in [-0.25, -0.2) is 0 Å². The summed E-state index contributed by atoms with van der Waals surface area (Å²) in [4.78, 5) is 26.3. The zero-order chi connectivity index (χ0) is 18.5. The number of benzene rings is 1. The molecule has 138 valence electrons. The molecule has 26 heavy (non-hydrogen) atoms. The van der Waals surface area contributed by atoms with Crippen LogP contribution < -0.4 is 5.32 Å². The first-order chi connectivity index (χ1) is 12.5. The van der Waals surface area contributed by atoms with Crippen molar-refractivity contribution in [1.29, 1.82) is 0 Å². The number of aryl methyl sites for hydroxylation is 2. The van der Waals surface area contributed by atoms with Crippen molar-refractivity contribution < 1.29 is 14.7 Å². The van der Waals surface area contributed by atoms with Gasteiger partial charge < -0.3 is 15.3 Å². The molecular formula is C19H24N4O3. The number of hydrogen-bond donors (Lipinski definition) is 2. The van der Waals surface area contributed by atoms with Gasteiger partial charge in [-0.3, -0.25) is 14.3 Å². The summed E-state index contributed by atoms with van der Waals surface area (Å²) >= 11 is 0. The molecule has 2 atom stereocenters. The minimum Gasteiger partial charge on any atom is -0.389 e. The second-order valence-electron chi connectivity index (χ2n) is 6.66. The van der Waals surface area contributed by atoms with E-state index in [2.05, 4.69) is 10.4 Å². The van der Waals surface area contributed by atoms with Gasteiger partial charge in [0.15, 0.2) is 0 Å². The predicted molar refractivity (Wildman–Crippen MR) is 96.4 cm³/mol. The van der Waals surface area contributed by atoms with Crippen LogP contribution in [0.15, 0.2) is 42.7 Å². The number of β-amino-alcohol motifs (C(OH)–C–C–N with tert-alkyl or cyclic N) is 1. The number of nitrogens with zero attached hydrogens (tertiary/aromatic N) is 3. The van der Waals surface area contributed by atoms with Crippen LogP contribution in [-0.2, 0) is 18.3 Å². The largest absolute Gasteiger partial charge is 0.389 e. The van der Waals surface area contributed by atoms with Crippen LogP contribution in [0.4, 0.5) is 0 Å². The molecule has 7 nitrogen and oxygen atoms in total. The minimum atomic E-state index is -0.765. The third-order valence-corrected chi connectivity index (χ3v) is 4.67. The summed E-state index contributed by atoms with van der Waals surface area (Å²) < 4.78 is 1.71. The van der Waals surface area contributed by atoms with Crippen molar-refractivity contribution in [3.63, 3.8) is 0 Å². The lowest BCUT2D eigenvalue weighted by molar-refractivity contribution is -0.134. The molecule has 0 saturated carbocycles. The third-order valence-electron chi connectivity index (χ3n) is 4.67. The van der Waals surface area contributed by atoms with Crippen molar-refractivity contribution in [3.8, 4) is 0 Å². The third kappa shape index (κ3) is 4.49. The summed E-state index contributed by atoms with van der Waals surface area (Å²) in [6.45, 7) is 0.772. The fourth-order valence-corrected chi connectivity index (χ4v) is 3.18. The highest BCUT2D eigenvalue weighted by molar-refractivity contribution is 5.94. The number of carbonyl (C=O) groups is 2. The molecular weight excluding hydrogens is 332 g/mol. The Morgan fingerprint density at radius 3 is 2.73 bits per heavy atom. The second kappa shape index (κ2) is 8.14. The van der Waals surface area contributed by atoms with E-state index in [0.717, 1.165) is 5.56 Å². The maximum Gasteiger partial charge on any atom is 0.251 e. The molecule has 1 saturated heterocycles. The lowest BCUT2D eigenvalue weighted by Crippen LogP contribution is -2.55. The van der Waals surface area contributed by atoms with E-state index in [0.29, 0.717) is 31.4 Å². The summed E-state index contributed by atoms with van der Waals surface area (Å²) in [6, 6.07) is 8.58. The van der Waals surface area contributed by atoms with E-state index in [1.54, 1.807) is 40.0 Å². The van der Waals surface area contributed by atoms with Gasteiger partial charge in [-0.05, 0) is 30.5 Å². The maximum absolute atomic E-state index is 12.4. The average molecular weight is 356 g/mol. The molecule has 1 aliphatic heterocycles. The van der Waals surface area contributed by atoms with E-state index >= 15 is 0 Å². The number of likely N-dealkylation sites (tertiary alicyclic amines) is 1. The fraction of sp³-hybridized carbons (Fsp3) is 0.421. The first kappa shape index (κ1) is 18.1. The molecule has 7 heteroatoms. The zero-order valence-electron chi connectivity index (χ0n) is 14.8. The van der Waals surface area contributed by atoms with Gasteiger partial charge in [-0.2, -0.15) is 5.10 Å². The van der Waals surface area contributed by atoms with Crippen LogP contribution in [0.25, 0.3) is 0 Å². The Labute approximate surface area is 152 Å². The van der Waals surface area contributed by atoms with Crippen molar-refractivity contribution >= 4 is 11.8 Å². The number of amides is 2. The van der Waals surface area contributed by atoms with Gasteiger partial charge in [0.05, 0.1) is 18.3 Å². The summed E-state index contributed by atoms with van der Waals surface area (Å²) in [6.07, 6.45) is 4.45. The number of hydrogen-bond acceptors (Lipinski definition) is 4. The first-order valence-corrected chi connectivity index (χ1v) is 8.82. The lowest BCUT2D eigenvalue weighted by atomic mass is 10.0. The minimum absolute atomic E-state index is 0.0146. The molecule has 3 rings (SSSR count). The normalized spacial score (nSPS) is 20.0. The Kier molecular flexibility index (Phi) is 5.68. The summed E-state index contributed by atoms with van der Waals surface area (Å²) in [5.74, 6) is -0.188. The zero-order valence-corrected chi connectivity index (χ0v) is 14.8. The standard InChI is InChI=1S/C19H24N4O3/c1-22-12-14(11-20-22)7-8-18(25)23-10-9-16(17(24)13-23)21-19(26)15-5-3-2-4-6-15/h2-6,11-12,16-17,24H,7-10,13H2,1H3,(H,21,26)/t16-,17-/m1/s1.